The maximum Gasteiger partial charge on any atom is 0.343 e. The lowest BCUT2D eigenvalue weighted by atomic mass is 10.1. The lowest BCUT2D eigenvalue weighted by Gasteiger charge is -2.14. The summed E-state index contributed by atoms with van der Waals surface area (Å²) in [4.78, 5) is 38.2. The molecular weight excluding hydrogens is 512 g/mol. The second-order valence-corrected chi connectivity index (χ2v) is 8.51. The Morgan fingerprint density at radius 2 is 2.00 bits per heavy atom. The van der Waals surface area contributed by atoms with Crippen molar-refractivity contribution in [3.8, 4) is 17.6 Å². The van der Waals surface area contributed by atoms with Gasteiger partial charge in [0.2, 0.25) is 0 Å². The highest BCUT2D eigenvalue weighted by atomic mass is 79.9. The second kappa shape index (κ2) is 11.0. The lowest BCUT2D eigenvalue weighted by Crippen LogP contribution is -2.27. The molecule has 10 heteroatoms. The second-order valence-electron chi connectivity index (χ2n) is 6.66. The highest BCUT2D eigenvalue weighted by Gasteiger charge is 2.35. The molecule has 1 aliphatic heterocycles. The van der Waals surface area contributed by atoms with Crippen LogP contribution in [0.2, 0.25) is 0 Å². The molecule has 0 spiro atoms. The molecule has 170 valence electrons. The van der Waals surface area contributed by atoms with Crippen molar-refractivity contribution in [2.45, 2.75) is 13.5 Å². The largest absolute Gasteiger partial charge is 0.490 e. The number of nitriles is 1. The number of carbonyl (C=O) groups excluding carboxylic acids is 3. The molecule has 0 aliphatic carbocycles. The number of carbonyl (C=O) groups is 3. The van der Waals surface area contributed by atoms with Crippen molar-refractivity contribution >= 4 is 50.9 Å². The highest BCUT2D eigenvalue weighted by Crippen LogP contribution is 2.39. The minimum Gasteiger partial charge on any atom is -0.490 e. The van der Waals surface area contributed by atoms with Gasteiger partial charge in [0, 0.05) is 0 Å². The normalized spacial score (nSPS) is 14.4. The van der Waals surface area contributed by atoms with Gasteiger partial charge in [-0.2, -0.15) is 5.26 Å². The molecule has 8 nitrogen and oxygen atoms in total. The molecule has 2 aromatic carbocycles. The van der Waals surface area contributed by atoms with Gasteiger partial charge in [0.15, 0.2) is 18.1 Å². The third-order valence-corrected chi connectivity index (χ3v) is 6.03. The molecule has 3 rings (SSSR count). The molecule has 2 amide bonds. The van der Waals surface area contributed by atoms with E-state index in [4.69, 9.17) is 9.47 Å². The van der Waals surface area contributed by atoms with Gasteiger partial charge < -0.3 is 14.2 Å². The first-order valence-electron chi connectivity index (χ1n) is 9.77. The van der Waals surface area contributed by atoms with E-state index in [0.717, 1.165) is 16.7 Å². The third-order valence-electron chi connectivity index (χ3n) is 4.53. The zero-order chi connectivity index (χ0) is 24.0. The lowest BCUT2D eigenvalue weighted by molar-refractivity contribution is -0.143. The van der Waals surface area contributed by atoms with Crippen molar-refractivity contribution in [2.75, 3.05) is 20.3 Å². The Bertz CT molecular complexity index is 1170. The first-order valence-corrected chi connectivity index (χ1v) is 11.4. The first kappa shape index (κ1) is 24.4. The number of esters is 1. The van der Waals surface area contributed by atoms with Crippen LogP contribution >= 0.6 is 27.7 Å². The molecule has 33 heavy (non-hydrogen) atoms. The summed E-state index contributed by atoms with van der Waals surface area (Å²) in [7, 11) is 1.26. The van der Waals surface area contributed by atoms with Gasteiger partial charge in [-0.15, -0.1) is 0 Å². The Kier molecular flexibility index (Phi) is 8.14. The summed E-state index contributed by atoms with van der Waals surface area (Å²) in [5.74, 6) is -0.303. The SMILES string of the molecule is CCOc1cc(/C=C2\SC(=O)N(Cc3ccccc3C#N)C2=O)cc(Br)c1OCC(=O)OC. The number of amides is 2. The molecule has 0 atom stereocenters. The van der Waals surface area contributed by atoms with E-state index in [1.165, 1.54) is 7.11 Å². The van der Waals surface area contributed by atoms with Crippen molar-refractivity contribution in [1.82, 2.24) is 4.90 Å². The van der Waals surface area contributed by atoms with Crippen molar-refractivity contribution < 1.29 is 28.6 Å². The van der Waals surface area contributed by atoms with Gasteiger partial charge in [0.25, 0.3) is 11.1 Å². The van der Waals surface area contributed by atoms with Crippen LogP contribution in [0.3, 0.4) is 0 Å². The van der Waals surface area contributed by atoms with E-state index in [9.17, 15) is 19.6 Å². The molecule has 0 radical (unpaired) electrons. The quantitative estimate of drug-likeness (QED) is 0.362. The van der Waals surface area contributed by atoms with Gasteiger partial charge >= 0.3 is 5.97 Å². The van der Waals surface area contributed by atoms with Crippen LogP contribution in [0, 0.1) is 11.3 Å². The molecule has 0 bridgehead atoms. The molecule has 0 saturated carbocycles. The summed E-state index contributed by atoms with van der Waals surface area (Å²) < 4.78 is 16.2. The predicted molar refractivity (Wildman–Crippen MR) is 125 cm³/mol. The number of hydrogen-bond donors (Lipinski definition) is 0. The molecule has 1 fully saturated rings. The van der Waals surface area contributed by atoms with Crippen LogP contribution in [-0.4, -0.2) is 42.3 Å². The van der Waals surface area contributed by atoms with E-state index in [1.807, 2.05) is 0 Å². The number of ether oxygens (including phenoxy) is 3. The van der Waals surface area contributed by atoms with Crippen LogP contribution in [0.15, 0.2) is 45.8 Å². The standard InChI is InChI=1S/C23H19BrN2O6S/c1-3-31-18-9-14(8-17(24)21(18)32-13-20(27)30-2)10-19-22(28)26(23(29)33-19)12-16-7-5-4-6-15(16)11-25/h4-10H,3,12-13H2,1-2H3/b19-10-. The van der Waals surface area contributed by atoms with Crippen molar-refractivity contribution in [1.29, 1.82) is 5.26 Å². The number of methoxy groups -OCH3 is 1. The van der Waals surface area contributed by atoms with Crippen LogP contribution in [0.25, 0.3) is 6.08 Å². The molecule has 1 aliphatic rings. The number of nitrogens with zero attached hydrogens (tertiary/aromatic N) is 2. The van der Waals surface area contributed by atoms with E-state index >= 15 is 0 Å². The molecule has 1 heterocycles. The first-order chi connectivity index (χ1) is 15.9. The Morgan fingerprint density at radius 1 is 1.24 bits per heavy atom. The zero-order valence-corrected chi connectivity index (χ0v) is 20.2. The minimum atomic E-state index is -0.542. The zero-order valence-electron chi connectivity index (χ0n) is 17.8. The fraction of sp³-hybridized carbons (Fsp3) is 0.217. The summed E-state index contributed by atoms with van der Waals surface area (Å²) in [5.41, 5.74) is 1.60. The molecule has 2 aromatic rings. The Balaban J connectivity index is 1.86. The van der Waals surface area contributed by atoms with Gasteiger partial charge in [-0.05, 0) is 70.0 Å². The van der Waals surface area contributed by atoms with E-state index in [1.54, 1.807) is 49.4 Å². The third kappa shape index (κ3) is 5.74. The molecule has 0 N–H and O–H groups in total. The number of halogens is 1. The Labute approximate surface area is 203 Å². The number of rotatable bonds is 8. The van der Waals surface area contributed by atoms with Gasteiger partial charge in [0.1, 0.15) is 0 Å². The maximum absolute atomic E-state index is 12.9. The van der Waals surface area contributed by atoms with Crippen molar-refractivity contribution in [3.63, 3.8) is 0 Å². The van der Waals surface area contributed by atoms with Crippen LogP contribution in [0.1, 0.15) is 23.6 Å². The number of thioether (sulfide) groups is 1. The summed E-state index contributed by atoms with van der Waals surface area (Å²) >= 11 is 4.23. The number of imide groups is 1. The summed E-state index contributed by atoms with van der Waals surface area (Å²) in [6.07, 6.45) is 1.58. The average molecular weight is 531 g/mol. The van der Waals surface area contributed by atoms with Crippen LogP contribution in [-0.2, 0) is 20.9 Å². The number of benzene rings is 2. The maximum atomic E-state index is 12.9. The smallest absolute Gasteiger partial charge is 0.343 e. The van der Waals surface area contributed by atoms with E-state index in [0.29, 0.717) is 39.3 Å². The topological polar surface area (TPSA) is 106 Å². The molecule has 0 unspecified atom stereocenters. The van der Waals surface area contributed by atoms with Gasteiger partial charge in [-0.1, -0.05) is 18.2 Å². The molecule has 1 saturated heterocycles. The monoisotopic (exact) mass is 530 g/mol. The van der Waals surface area contributed by atoms with E-state index in [-0.39, 0.29) is 18.1 Å². The Hall–Kier alpha value is -3.29. The van der Waals surface area contributed by atoms with Crippen molar-refractivity contribution in [2.24, 2.45) is 0 Å². The van der Waals surface area contributed by atoms with Gasteiger partial charge in [0.05, 0.1) is 41.3 Å². The fourth-order valence-electron chi connectivity index (χ4n) is 2.99. The Morgan fingerprint density at radius 3 is 2.70 bits per heavy atom. The minimum absolute atomic E-state index is 0.0138. The van der Waals surface area contributed by atoms with Crippen LogP contribution in [0.4, 0.5) is 4.79 Å². The number of hydrogen-bond acceptors (Lipinski definition) is 8. The van der Waals surface area contributed by atoms with E-state index in [2.05, 4.69) is 26.7 Å². The molecule has 0 aromatic heterocycles. The summed E-state index contributed by atoms with van der Waals surface area (Å²) in [6.45, 7) is 1.87. The predicted octanol–water partition coefficient (Wildman–Crippen LogP) is 4.51. The fourth-order valence-corrected chi connectivity index (χ4v) is 4.40. The van der Waals surface area contributed by atoms with Crippen LogP contribution < -0.4 is 9.47 Å². The average Bonchev–Trinajstić information content (AvgIpc) is 3.06. The van der Waals surface area contributed by atoms with Crippen LogP contribution in [0.5, 0.6) is 11.5 Å². The van der Waals surface area contributed by atoms with E-state index < -0.39 is 17.1 Å². The summed E-state index contributed by atoms with van der Waals surface area (Å²) in [6, 6.07) is 12.2. The molecular formula is C23H19BrN2O6S. The van der Waals surface area contributed by atoms with Gasteiger partial charge in [-0.3, -0.25) is 14.5 Å². The van der Waals surface area contributed by atoms with Gasteiger partial charge in [-0.25, -0.2) is 4.79 Å². The summed E-state index contributed by atoms with van der Waals surface area (Å²) in [5, 5.41) is 8.85. The van der Waals surface area contributed by atoms with Crippen molar-refractivity contribution in [3.05, 3.63) is 62.5 Å². The highest BCUT2D eigenvalue weighted by molar-refractivity contribution is 9.10.